The molecular formula is C26H30N4O. The van der Waals surface area contributed by atoms with Crippen LogP contribution >= 0.6 is 0 Å². The van der Waals surface area contributed by atoms with Crippen LogP contribution in [0.1, 0.15) is 41.1 Å². The summed E-state index contributed by atoms with van der Waals surface area (Å²) < 4.78 is 0. The minimum Gasteiger partial charge on any atom is -0.299 e. The molecule has 0 saturated heterocycles. The summed E-state index contributed by atoms with van der Waals surface area (Å²) >= 11 is 0. The molecule has 0 radical (unpaired) electrons. The summed E-state index contributed by atoms with van der Waals surface area (Å²) in [6, 6.07) is 20.7. The Bertz CT molecular complexity index is 1020. The first-order chi connectivity index (χ1) is 15.1. The van der Waals surface area contributed by atoms with Crippen LogP contribution in [0.3, 0.4) is 0 Å². The average Bonchev–Trinajstić information content (AvgIpc) is 2.77. The van der Waals surface area contributed by atoms with Crippen molar-refractivity contribution in [3.63, 3.8) is 0 Å². The van der Waals surface area contributed by atoms with Gasteiger partial charge in [-0.1, -0.05) is 60.7 Å². The molecule has 1 aliphatic heterocycles. The Morgan fingerprint density at radius 1 is 0.935 bits per heavy atom. The van der Waals surface area contributed by atoms with Crippen molar-refractivity contribution in [1.82, 2.24) is 14.9 Å². The van der Waals surface area contributed by atoms with Crippen LogP contribution in [0.4, 0.5) is 5.82 Å². The van der Waals surface area contributed by atoms with E-state index in [1.165, 1.54) is 5.56 Å². The van der Waals surface area contributed by atoms with Gasteiger partial charge in [-0.3, -0.25) is 14.6 Å². The van der Waals surface area contributed by atoms with Crippen LogP contribution < -0.4 is 4.90 Å². The van der Waals surface area contributed by atoms with E-state index in [9.17, 15) is 4.79 Å². The van der Waals surface area contributed by atoms with Crippen molar-refractivity contribution >= 4 is 11.7 Å². The second-order valence-corrected chi connectivity index (χ2v) is 8.32. The van der Waals surface area contributed by atoms with Gasteiger partial charge in [0.15, 0.2) is 0 Å². The van der Waals surface area contributed by atoms with Gasteiger partial charge < -0.3 is 0 Å². The lowest BCUT2D eigenvalue weighted by molar-refractivity contribution is -0.119. The Kier molecular flexibility index (Phi) is 6.73. The summed E-state index contributed by atoms with van der Waals surface area (Å²) in [5, 5.41) is 0. The van der Waals surface area contributed by atoms with Crippen LogP contribution in [0.15, 0.2) is 60.7 Å². The Morgan fingerprint density at radius 2 is 1.61 bits per heavy atom. The molecule has 5 heteroatoms. The highest BCUT2D eigenvalue weighted by atomic mass is 16.2. The highest BCUT2D eigenvalue weighted by molar-refractivity contribution is 5.95. The minimum absolute atomic E-state index is 0.136. The SMILES string of the molecule is Cc1nc(CN(C)CCCc2ccccc2)nc2c1CCC(=O)N2Cc1ccccc1. The number of amides is 1. The number of hydrogen-bond donors (Lipinski definition) is 0. The molecule has 31 heavy (non-hydrogen) atoms. The zero-order chi connectivity index (χ0) is 21.6. The Morgan fingerprint density at radius 3 is 2.32 bits per heavy atom. The number of aryl methyl sites for hydroxylation is 2. The number of nitrogens with zero attached hydrogens (tertiary/aromatic N) is 4. The van der Waals surface area contributed by atoms with Gasteiger partial charge in [-0.2, -0.15) is 0 Å². The van der Waals surface area contributed by atoms with E-state index in [-0.39, 0.29) is 5.91 Å². The fourth-order valence-corrected chi connectivity index (χ4v) is 4.16. The first kappa shape index (κ1) is 21.2. The first-order valence-corrected chi connectivity index (χ1v) is 11.0. The third-order valence-electron chi connectivity index (χ3n) is 5.83. The van der Waals surface area contributed by atoms with Gasteiger partial charge >= 0.3 is 0 Å². The molecule has 5 nitrogen and oxygen atoms in total. The summed E-state index contributed by atoms with van der Waals surface area (Å²) in [6.07, 6.45) is 3.39. The molecule has 4 rings (SSSR count). The van der Waals surface area contributed by atoms with E-state index in [0.29, 0.717) is 19.5 Å². The van der Waals surface area contributed by atoms with Gasteiger partial charge in [0, 0.05) is 17.7 Å². The number of fused-ring (bicyclic) bond motifs is 1. The molecule has 0 bridgehead atoms. The number of benzene rings is 2. The standard InChI is InChI=1S/C26H30N4O/c1-20-23-15-16-25(31)30(18-22-12-7-4-8-13-22)26(23)28-24(27-20)19-29(2)17-9-14-21-10-5-3-6-11-21/h3-8,10-13H,9,14-19H2,1-2H3. The van der Waals surface area contributed by atoms with Gasteiger partial charge in [0.1, 0.15) is 11.6 Å². The largest absolute Gasteiger partial charge is 0.299 e. The molecule has 1 amide bonds. The van der Waals surface area contributed by atoms with E-state index in [1.807, 2.05) is 30.0 Å². The molecule has 0 saturated carbocycles. The summed E-state index contributed by atoms with van der Waals surface area (Å²) in [7, 11) is 2.11. The summed E-state index contributed by atoms with van der Waals surface area (Å²) in [5.41, 5.74) is 4.57. The van der Waals surface area contributed by atoms with Gasteiger partial charge in [0.2, 0.25) is 5.91 Å². The van der Waals surface area contributed by atoms with Crippen molar-refractivity contribution in [2.24, 2.45) is 0 Å². The smallest absolute Gasteiger partial charge is 0.228 e. The topological polar surface area (TPSA) is 49.3 Å². The summed E-state index contributed by atoms with van der Waals surface area (Å²) in [4.78, 5) is 26.5. The fourth-order valence-electron chi connectivity index (χ4n) is 4.16. The van der Waals surface area contributed by atoms with E-state index in [0.717, 1.165) is 54.3 Å². The maximum Gasteiger partial charge on any atom is 0.228 e. The molecule has 0 unspecified atom stereocenters. The van der Waals surface area contributed by atoms with Crippen molar-refractivity contribution in [2.75, 3.05) is 18.5 Å². The zero-order valence-corrected chi connectivity index (χ0v) is 18.4. The van der Waals surface area contributed by atoms with E-state index in [4.69, 9.17) is 9.97 Å². The molecule has 3 aromatic rings. The third kappa shape index (κ3) is 5.36. The quantitative estimate of drug-likeness (QED) is 0.551. The highest BCUT2D eigenvalue weighted by Gasteiger charge is 2.28. The predicted molar refractivity (Wildman–Crippen MR) is 124 cm³/mol. The van der Waals surface area contributed by atoms with Gasteiger partial charge in [0.25, 0.3) is 0 Å². The molecule has 2 aromatic carbocycles. The van der Waals surface area contributed by atoms with Crippen molar-refractivity contribution in [2.45, 2.75) is 45.7 Å². The lowest BCUT2D eigenvalue weighted by Crippen LogP contribution is -2.36. The zero-order valence-electron chi connectivity index (χ0n) is 18.4. The van der Waals surface area contributed by atoms with Gasteiger partial charge in [-0.15, -0.1) is 0 Å². The van der Waals surface area contributed by atoms with E-state index < -0.39 is 0 Å². The number of rotatable bonds is 8. The van der Waals surface area contributed by atoms with Crippen LogP contribution in [0.2, 0.25) is 0 Å². The molecule has 0 spiro atoms. The van der Waals surface area contributed by atoms with Crippen molar-refractivity contribution < 1.29 is 4.79 Å². The molecule has 0 atom stereocenters. The summed E-state index contributed by atoms with van der Waals surface area (Å²) in [6.45, 7) is 4.24. The highest BCUT2D eigenvalue weighted by Crippen LogP contribution is 2.29. The predicted octanol–water partition coefficient (Wildman–Crippen LogP) is 4.33. The van der Waals surface area contributed by atoms with Crippen LogP contribution in [-0.2, 0) is 30.7 Å². The molecule has 160 valence electrons. The lowest BCUT2D eigenvalue weighted by atomic mass is 10.0. The second-order valence-electron chi connectivity index (χ2n) is 8.32. The molecule has 1 aliphatic rings. The van der Waals surface area contributed by atoms with Crippen molar-refractivity contribution in [3.05, 3.63) is 88.9 Å². The average molecular weight is 415 g/mol. The third-order valence-corrected chi connectivity index (χ3v) is 5.83. The number of hydrogen-bond acceptors (Lipinski definition) is 4. The van der Waals surface area contributed by atoms with Gasteiger partial charge in [0.05, 0.1) is 13.1 Å². The maximum absolute atomic E-state index is 12.7. The van der Waals surface area contributed by atoms with E-state index in [2.05, 4.69) is 54.4 Å². The number of carbonyl (C=O) groups is 1. The summed E-state index contributed by atoms with van der Waals surface area (Å²) in [5.74, 6) is 1.71. The first-order valence-electron chi connectivity index (χ1n) is 11.0. The van der Waals surface area contributed by atoms with Crippen LogP contribution in [-0.4, -0.2) is 34.4 Å². The maximum atomic E-state index is 12.7. The van der Waals surface area contributed by atoms with Crippen LogP contribution in [0, 0.1) is 6.92 Å². The number of carbonyl (C=O) groups excluding carboxylic acids is 1. The molecule has 0 aliphatic carbocycles. The lowest BCUT2D eigenvalue weighted by Gasteiger charge is -2.30. The molecule has 0 fully saturated rings. The van der Waals surface area contributed by atoms with Crippen molar-refractivity contribution in [3.8, 4) is 0 Å². The van der Waals surface area contributed by atoms with Crippen LogP contribution in [0.25, 0.3) is 0 Å². The van der Waals surface area contributed by atoms with Crippen LogP contribution in [0.5, 0.6) is 0 Å². The fraction of sp³-hybridized carbons (Fsp3) is 0.346. The van der Waals surface area contributed by atoms with E-state index >= 15 is 0 Å². The molecule has 0 N–H and O–H groups in total. The minimum atomic E-state index is 0.136. The molecule has 2 heterocycles. The molecular weight excluding hydrogens is 384 g/mol. The number of aromatic nitrogens is 2. The Labute approximate surface area is 184 Å². The Balaban J connectivity index is 1.46. The monoisotopic (exact) mass is 414 g/mol. The van der Waals surface area contributed by atoms with Gasteiger partial charge in [-0.25, -0.2) is 9.97 Å². The normalized spacial score (nSPS) is 13.5. The molecule has 1 aromatic heterocycles. The second kappa shape index (κ2) is 9.84. The van der Waals surface area contributed by atoms with E-state index in [1.54, 1.807) is 0 Å². The number of anilines is 1. The Hall–Kier alpha value is -3.05. The van der Waals surface area contributed by atoms with Crippen molar-refractivity contribution in [1.29, 1.82) is 0 Å². The van der Waals surface area contributed by atoms with Gasteiger partial charge in [-0.05, 0) is 50.9 Å².